The van der Waals surface area contributed by atoms with E-state index >= 15 is 0 Å². The van der Waals surface area contributed by atoms with Gasteiger partial charge in [-0.25, -0.2) is 4.98 Å². The molecule has 0 bridgehead atoms. The first-order chi connectivity index (χ1) is 7.34. The van der Waals surface area contributed by atoms with E-state index < -0.39 is 0 Å². The molecule has 1 aromatic rings. The molecule has 2 heterocycles. The average molecular weight is 225 g/mol. The number of ether oxygens (including phenoxy) is 2. The molecule has 1 aliphatic rings. The average Bonchev–Trinajstić information content (AvgIpc) is 2.74. The minimum atomic E-state index is 0.504. The van der Waals surface area contributed by atoms with Gasteiger partial charge in [0.15, 0.2) is 0 Å². The quantitative estimate of drug-likeness (QED) is 0.740. The highest BCUT2D eigenvalue weighted by molar-refractivity contribution is 6.29. The zero-order chi connectivity index (χ0) is 10.5. The highest BCUT2D eigenvalue weighted by atomic mass is 35.5. The van der Waals surface area contributed by atoms with Crippen LogP contribution in [0.2, 0.25) is 5.15 Å². The number of nitrogens with zero attached hydrogens (tertiary/aromatic N) is 1. The molecule has 1 radical (unpaired) electrons. The molecule has 3 nitrogen and oxygen atoms in total. The lowest BCUT2D eigenvalue weighted by atomic mass is 10.2. The summed E-state index contributed by atoms with van der Waals surface area (Å²) in [6.45, 7) is 1.32. The second-order valence-corrected chi connectivity index (χ2v) is 3.48. The minimum Gasteiger partial charge on any atom is -0.343 e. The van der Waals surface area contributed by atoms with Crippen LogP contribution in [0.15, 0.2) is 24.4 Å². The van der Waals surface area contributed by atoms with E-state index in [1.165, 1.54) is 0 Å². The van der Waals surface area contributed by atoms with Gasteiger partial charge in [0.25, 0.3) is 0 Å². The van der Waals surface area contributed by atoms with Gasteiger partial charge >= 0.3 is 0 Å². The molecule has 0 aromatic carbocycles. The molecule has 79 valence electrons. The lowest BCUT2D eigenvalue weighted by molar-refractivity contribution is 0.0736. The fourth-order valence-electron chi connectivity index (χ4n) is 1.25. The Kier molecular flexibility index (Phi) is 3.72. The van der Waals surface area contributed by atoms with Gasteiger partial charge in [-0.15, -0.1) is 0 Å². The van der Waals surface area contributed by atoms with Crippen LogP contribution in [0.5, 0.6) is 0 Å². The first kappa shape index (κ1) is 10.6. The maximum absolute atomic E-state index is 5.67. The van der Waals surface area contributed by atoms with Crippen LogP contribution in [0, 0.1) is 6.29 Å². The van der Waals surface area contributed by atoms with Crippen molar-refractivity contribution in [1.82, 2.24) is 4.98 Å². The Morgan fingerprint density at radius 3 is 2.80 bits per heavy atom. The third-order valence-electron chi connectivity index (χ3n) is 1.95. The van der Waals surface area contributed by atoms with Crippen LogP contribution in [0.25, 0.3) is 6.08 Å². The molecule has 2 rings (SSSR count). The molecule has 1 fully saturated rings. The smallest absolute Gasteiger partial charge is 0.227 e. The summed E-state index contributed by atoms with van der Waals surface area (Å²) < 4.78 is 10.4. The third-order valence-corrected chi connectivity index (χ3v) is 2.18. The van der Waals surface area contributed by atoms with E-state index in [2.05, 4.69) is 4.98 Å². The molecule has 15 heavy (non-hydrogen) atoms. The first-order valence-corrected chi connectivity index (χ1v) is 5.12. The lowest BCUT2D eigenvalue weighted by Crippen LogP contribution is -1.93. The van der Waals surface area contributed by atoms with E-state index in [9.17, 15) is 0 Å². The van der Waals surface area contributed by atoms with Crippen LogP contribution in [0.3, 0.4) is 0 Å². The molecule has 0 amide bonds. The predicted molar refractivity (Wildman–Crippen MR) is 58.0 cm³/mol. The summed E-state index contributed by atoms with van der Waals surface area (Å²) >= 11 is 5.67. The number of aromatic nitrogens is 1. The van der Waals surface area contributed by atoms with Gasteiger partial charge in [0.2, 0.25) is 6.29 Å². The Balaban J connectivity index is 1.85. The third kappa shape index (κ3) is 3.30. The molecular formula is C11H11ClNO2. The van der Waals surface area contributed by atoms with Crippen molar-refractivity contribution in [2.75, 3.05) is 13.2 Å². The summed E-state index contributed by atoms with van der Waals surface area (Å²) in [7, 11) is 0. The summed E-state index contributed by atoms with van der Waals surface area (Å²) in [5.74, 6) is 0. The Morgan fingerprint density at radius 1 is 1.33 bits per heavy atom. The van der Waals surface area contributed by atoms with Crippen molar-refractivity contribution in [2.24, 2.45) is 0 Å². The van der Waals surface area contributed by atoms with Crippen molar-refractivity contribution in [3.8, 4) is 0 Å². The molecule has 0 N–H and O–H groups in total. The van der Waals surface area contributed by atoms with Gasteiger partial charge in [0.1, 0.15) is 5.15 Å². The van der Waals surface area contributed by atoms with Crippen molar-refractivity contribution in [3.63, 3.8) is 0 Å². The molecule has 1 aliphatic heterocycles. The molecule has 0 aliphatic carbocycles. The van der Waals surface area contributed by atoms with Crippen molar-refractivity contribution >= 4 is 17.7 Å². The zero-order valence-electron chi connectivity index (χ0n) is 8.15. The Bertz CT molecular complexity index is 331. The predicted octanol–water partition coefficient (Wildman–Crippen LogP) is 2.67. The van der Waals surface area contributed by atoms with Gasteiger partial charge in [-0.3, -0.25) is 0 Å². The molecular weight excluding hydrogens is 214 g/mol. The Morgan fingerprint density at radius 2 is 2.13 bits per heavy atom. The van der Waals surface area contributed by atoms with E-state index in [0.717, 1.165) is 5.56 Å². The highest BCUT2D eigenvalue weighted by Gasteiger charge is 2.15. The number of pyridine rings is 1. The van der Waals surface area contributed by atoms with Crippen LogP contribution in [-0.4, -0.2) is 18.2 Å². The fourth-order valence-corrected chi connectivity index (χ4v) is 1.36. The van der Waals surface area contributed by atoms with E-state index in [1.54, 1.807) is 12.3 Å². The normalized spacial score (nSPS) is 17.7. The van der Waals surface area contributed by atoms with Gasteiger partial charge in [-0.1, -0.05) is 29.8 Å². The van der Waals surface area contributed by atoms with E-state index in [0.29, 0.717) is 31.1 Å². The van der Waals surface area contributed by atoms with Gasteiger partial charge in [0, 0.05) is 12.6 Å². The van der Waals surface area contributed by atoms with Crippen molar-refractivity contribution in [1.29, 1.82) is 0 Å². The van der Waals surface area contributed by atoms with Crippen LogP contribution >= 0.6 is 11.6 Å². The standard InChI is InChI=1S/C11H11ClNO2/c12-10-5-4-9(8-13-10)2-1-3-11-14-6-7-15-11/h1-2,4-5,8H,3,6-7H2. The molecule has 4 heteroatoms. The maximum Gasteiger partial charge on any atom is 0.227 e. The summed E-state index contributed by atoms with van der Waals surface area (Å²) in [6, 6.07) is 3.67. The van der Waals surface area contributed by atoms with Crippen LogP contribution < -0.4 is 0 Å². The van der Waals surface area contributed by atoms with Crippen LogP contribution in [0.1, 0.15) is 12.0 Å². The van der Waals surface area contributed by atoms with Crippen LogP contribution in [0.4, 0.5) is 0 Å². The first-order valence-electron chi connectivity index (χ1n) is 4.74. The van der Waals surface area contributed by atoms with Gasteiger partial charge in [-0.2, -0.15) is 0 Å². The van der Waals surface area contributed by atoms with Gasteiger partial charge in [-0.05, 0) is 11.6 Å². The largest absolute Gasteiger partial charge is 0.343 e. The van der Waals surface area contributed by atoms with E-state index in [1.807, 2.05) is 18.2 Å². The number of halogens is 1. The summed E-state index contributed by atoms with van der Waals surface area (Å²) in [4.78, 5) is 3.97. The van der Waals surface area contributed by atoms with Gasteiger partial charge < -0.3 is 9.47 Å². The Hall–Kier alpha value is -0.900. The molecule has 1 saturated heterocycles. The number of hydrogen-bond donors (Lipinski definition) is 0. The Labute approximate surface area is 93.7 Å². The number of rotatable bonds is 3. The van der Waals surface area contributed by atoms with E-state index in [4.69, 9.17) is 21.1 Å². The summed E-state index contributed by atoms with van der Waals surface area (Å²) in [5, 5.41) is 0.504. The highest BCUT2D eigenvalue weighted by Crippen LogP contribution is 2.17. The second kappa shape index (κ2) is 5.26. The zero-order valence-corrected chi connectivity index (χ0v) is 8.91. The molecule has 0 saturated carbocycles. The molecule has 1 aromatic heterocycles. The topological polar surface area (TPSA) is 31.4 Å². The molecule has 0 spiro atoms. The number of hydrogen-bond acceptors (Lipinski definition) is 3. The SMILES string of the molecule is Clc1ccc(C=CC[C]2OCCO2)cn1. The van der Waals surface area contributed by atoms with Crippen molar-refractivity contribution in [3.05, 3.63) is 41.4 Å². The van der Waals surface area contributed by atoms with Crippen LogP contribution in [-0.2, 0) is 9.47 Å². The minimum absolute atomic E-state index is 0.504. The van der Waals surface area contributed by atoms with Crippen molar-refractivity contribution < 1.29 is 9.47 Å². The maximum atomic E-state index is 5.67. The van der Waals surface area contributed by atoms with E-state index in [-0.39, 0.29) is 0 Å². The summed E-state index contributed by atoms with van der Waals surface area (Å²) in [6.07, 6.45) is 7.03. The van der Waals surface area contributed by atoms with Gasteiger partial charge in [0.05, 0.1) is 13.2 Å². The monoisotopic (exact) mass is 224 g/mol. The van der Waals surface area contributed by atoms with Crippen molar-refractivity contribution in [2.45, 2.75) is 6.42 Å². The lowest BCUT2D eigenvalue weighted by Gasteiger charge is -2.01. The summed E-state index contributed by atoms with van der Waals surface area (Å²) in [5.41, 5.74) is 1.01. The molecule has 0 atom stereocenters. The fraction of sp³-hybridized carbons (Fsp3) is 0.273. The molecule has 0 unspecified atom stereocenters. The second-order valence-electron chi connectivity index (χ2n) is 3.09.